The van der Waals surface area contributed by atoms with Crippen LogP contribution in [0.1, 0.15) is 13.8 Å². The molecule has 78 valence electrons. The lowest BCUT2D eigenvalue weighted by Gasteiger charge is -2.04. The number of esters is 1. The Hall–Kier alpha value is -1.52. The second-order valence-corrected chi connectivity index (χ2v) is 3.06. The second-order valence-electron chi connectivity index (χ2n) is 3.06. The van der Waals surface area contributed by atoms with Crippen LogP contribution in [-0.4, -0.2) is 30.9 Å². The van der Waals surface area contributed by atoms with E-state index in [1.165, 1.54) is 12.2 Å². The van der Waals surface area contributed by atoms with Gasteiger partial charge in [-0.05, 0) is 19.9 Å². The normalized spacial score (nSPS) is 21.1. The van der Waals surface area contributed by atoms with E-state index in [4.69, 9.17) is 4.74 Å². The van der Waals surface area contributed by atoms with Gasteiger partial charge in [-0.25, -0.2) is 9.59 Å². The Kier molecular flexibility index (Phi) is 3.50. The molecule has 0 aromatic rings. The van der Waals surface area contributed by atoms with E-state index in [2.05, 4.69) is 9.47 Å². The fraction of sp³-hybridized carbons (Fsp3) is 0.556. The molecule has 0 amide bonds. The summed E-state index contributed by atoms with van der Waals surface area (Å²) in [5, 5.41) is 0. The zero-order valence-corrected chi connectivity index (χ0v) is 8.06. The number of carbonyl (C=O) groups excluding carboxylic acids is 2. The van der Waals surface area contributed by atoms with E-state index in [9.17, 15) is 9.59 Å². The van der Waals surface area contributed by atoms with Gasteiger partial charge in [-0.1, -0.05) is 0 Å². The van der Waals surface area contributed by atoms with Gasteiger partial charge in [0.05, 0.1) is 6.10 Å². The van der Waals surface area contributed by atoms with Gasteiger partial charge >= 0.3 is 12.1 Å². The molecule has 0 N–H and O–H groups in total. The van der Waals surface area contributed by atoms with Crippen LogP contribution in [0, 0.1) is 0 Å². The number of hydrogen-bond acceptors (Lipinski definition) is 5. The summed E-state index contributed by atoms with van der Waals surface area (Å²) < 4.78 is 14.0. The van der Waals surface area contributed by atoms with Crippen LogP contribution in [0.3, 0.4) is 0 Å². The lowest BCUT2D eigenvalue weighted by molar-refractivity contribution is -0.141. The molecular formula is C9H12O5. The van der Waals surface area contributed by atoms with Crippen molar-refractivity contribution in [2.45, 2.75) is 26.1 Å². The Balaban J connectivity index is 2.32. The van der Waals surface area contributed by atoms with Crippen molar-refractivity contribution in [3.8, 4) is 0 Å². The predicted octanol–water partition coefficient (Wildman–Crippen LogP) is 1.03. The first-order valence-corrected chi connectivity index (χ1v) is 4.30. The van der Waals surface area contributed by atoms with Gasteiger partial charge in [0.2, 0.25) is 0 Å². The zero-order valence-electron chi connectivity index (χ0n) is 8.06. The number of ether oxygens (including phenoxy) is 3. The Morgan fingerprint density at radius 1 is 1.64 bits per heavy atom. The molecule has 0 spiro atoms. The molecule has 1 saturated heterocycles. The van der Waals surface area contributed by atoms with Gasteiger partial charge in [0.15, 0.2) is 6.10 Å². The van der Waals surface area contributed by atoms with Crippen LogP contribution in [0.4, 0.5) is 4.79 Å². The number of cyclic esters (lactones) is 2. The second kappa shape index (κ2) is 4.64. The molecule has 0 bridgehead atoms. The predicted molar refractivity (Wildman–Crippen MR) is 46.6 cm³/mol. The summed E-state index contributed by atoms with van der Waals surface area (Å²) in [6.45, 7) is 3.65. The smallest absolute Gasteiger partial charge is 0.460 e. The minimum Gasteiger partial charge on any atom is -0.460 e. The first-order valence-electron chi connectivity index (χ1n) is 4.30. The van der Waals surface area contributed by atoms with Crippen molar-refractivity contribution in [1.82, 2.24) is 0 Å². The fourth-order valence-electron chi connectivity index (χ4n) is 0.894. The van der Waals surface area contributed by atoms with Crippen LogP contribution >= 0.6 is 0 Å². The Morgan fingerprint density at radius 2 is 2.36 bits per heavy atom. The van der Waals surface area contributed by atoms with Crippen LogP contribution in [0.15, 0.2) is 12.2 Å². The monoisotopic (exact) mass is 200 g/mol. The van der Waals surface area contributed by atoms with Gasteiger partial charge < -0.3 is 14.2 Å². The molecule has 1 aliphatic rings. The molecule has 1 heterocycles. The van der Waals surface area contributed by atoms with E-state index in [0.29, 0.717) is 0 Å². The highest BCUT2D eigenvalue weighted by molar-refractivity contribution is 5.82. The molecule has 5 nitrogen and oxygen atoms in total. The molecule has 1 rings (SSSR count). The summed E-state index contributed by atoms with van der Waals surface area (Å²) in [4.78, 5) is 21.5. The molecule has 5 heteroatoms. The topological polar surface area (TPSA) is 61.8 Å². The SMILES string of the molecule is CC(C)OC(=O)/C=C/[C@H]1COC(=O)O1. The van der Waals surface area contributed by atoms with Gasteiger partial charge in [-0.3, -0.25) is 0 Å². The summed E-state index contributed by atoms with van der Waals surface area (Å²) in [6, 6.07) is 0. The number of rotatable bonds is 3. The van der Waals surface area contributed by atoms with Crippen molar-refractivity contribution >= 4 is 12.1 Å². The molecule has 0 unspecified atom stereocenters. The summed E-state index contributed by atoms with van der Waals surface area (Å²) in [5.74, 6) is -0.456. The van der Waals surface area contributed by atoms with Crippen molar-refractivity contribution in [3.63, 3.8) is 0 Å². The maximum Gasteiger partial charge on any atom is 0.509 e. The maximum absolute atomic E-state index is 11.0. The molecule has 0 aromatic carbocycles. The molecule has 0 saturated carbocycles. The van der Waals surface area contributed by atoms with Gasteiger partial charge in [0, 0.05) is 6.08 Å². The van der Waals surface area contributed by atoms with Crippen LogP contribution in [-0.2, 0) is 19.0 Å². The van der Waals surface area contributed by atoms with Crippen LogP contribution < -0.4 is 0 Å². The van der Waals surface area contributed by atoms with Gasteiger partial charge in [-0.15, -0.1) is 0 Å². The molecule has 0 aromatic heterocycles. The molecule has 0 radical (unpaired) electrons. The molecule has 1 atom stereocenters. The summed E-state index contributed by atoms with van der Waals surface area (Å²) in [7, 11) is 0. The summed E-state index contributed by atoms with van der Waals surface area (Å²) in [6.07, 6.45) is 1.32. The average Bonchev–Trinajstić information content (AvgIpc) is 2.47. The highest BCUT2D eigenvalue weighted by atomic mass is 16.8. The Labute approximate surface area is 81.6 Å². The Morgan fingerprint density at radius 3 is 2.86 bits per heavy atom. The largest absolute Gasteiger partial charge is 0.509 e. The van der Waals surface area contributed by atoms with E-state index >= 15 is 0 Å². The van der Waals surface area contributed by atoms with Crippen LogP contribution in [0.25, 0.3) is 0 Å². The zero-order chi connectivity index (χ0) is 10.6. The molecule has 0 aliphatic carbocycles. The van der Waals surface area contributed by atoms with Crippen LogP contribution in [0.2, 0.25) is 0 Å². The van der Waals surface area contributed by atoms with E-state index in [-0.39, 0.29) is 12.7 Å². The highest BCUT2D eigenvalue weighted by Crippen LogP contribution is 2.07. The minimum absolute atomic E-state index is 0.143. The number of hydrogen-bond donors (Lipinski definition) is 0. The van der Waals surface area contributed by atoms with Gasteiger partial charge in [-0.2, -0.15) is 0 Å². The molecule has 14 heavy (non-hydrogen) atoms. The molecule has 1 aliphatic heterocycles. The Bertz CT molecular complexity index is 256. The van der Waals surface area contributed by atoms with Crippen molar-refractivity contribution in [2.75, 3.05) is 6.61 Å². The third-order valence-corrected chi connectivity index (χ3v) is 1.41. The first kappa shape index (κ1) is 10.6. The summed E-state index contributed by atoms with van der Waals surface area (Å²) >= 11 is 0. The third-order valence-electron chi connectivity index (χ3n) is 1.41. The van der Waals surface area contributed by atoms with Gasteiger partial charge in [0.25, 0.3) is 0 Å². The lowest BCUT2D eigenvalue weighted by atomic mass is 10.3. The van der Waals surface area contributed by atoms with E-state index in [1.54, 1.807) is 13.8 Å². The quantitative estimate of drug-likeness (QED) is 0.503. The summed E-state index contributed by atoms with van der Waals surface area (Å²) in [5.41, 5.74) is 0. The van der Waals surface area contributed by atoms with Crippen molar-refractivity contribution < 1.29 is 23.8 Å². The third kappa shape index (κ3) is 3.47. The van der Waals surface area contributed by atoms with Gasteiger partial charge in [0.1, 0.15) is 6.61 Å². The lowest BCUT2D eigenvalue weighted by Crippen LogP contribution is -2.11. The van der Waals surface area contributed by atoms with E-state index < -0.39 is 18.2 Å². The van der Waals surface area contributed by atoms with Crippen molar-refractivity contribution in [3.05, 3.63) is 12.2 Å². The minimum atomic E-state index is -0.711. The van der Waals surface area contributed by atoms with E-state index in [0.717, 1.165) is 0 Å². The number of carbonyl (C=O) groups is 2. The fourth-order valence-corrected chi connectivity index (χ4v) is 0.894. The molecular weight excluding hydrogens is 188 g/mol. The van der Waals surface area contributed by atoms with E-state index in [1.807, 2.05) is 0 Å². The van der Waals surface area contributed by atoms with Crippen molar-refractivity contribution in [2.24, 2.45) is 0 Å². The maximum atomic E-state index is 11.0. The first-order chi connectivity index (χ1) is 6.58. The standard InChI is InChI=1S/C9H12O5/c1-6(2)13-8(10)4-3-7-5-12-9(11)14-7/h3-4,6-7H,5H2,1-2H3/b4-3+/t7-/m0/s1. The van der Waals surface area contributed by atoms with Crippen LogP contribution in [0.5, 0.6) is 0 Å². The molecule has 1 fully saturated rings. The van der Waals surface area contributed by atoms with Crippen molar-refractivity contribution in [1.29, 1.82) is 0 Å². The average molecular weight is 200 g/mol. The highest BCUT2D eigenvalue weighted by Gasteiger charge is 2.22.